The molecule has 0 radical (unpaired) electrons. The van der Waals surface area contributed by atoms with Crippen LogP contribution in [-0.4, -0.2) is 46.7 Å². The van der Waals surface area contributed by atoms with Crippen molar-refractivity contribution in [3.63, 3.8) is 0 Å². The van der Waals surface area contributed by atoms with Crippen LogP contribution < -0.4 is 20.7 Å². The number of nitriles is 1. The Morgan fingerprint density at radius 3 is 3.03 bits per heavy atom. The highest BCUT2D eigenvalue weighted by atomic mass is 16.5. The Morgan fingerprint density at radius 1 is 1.47 bits per heavy atom. The molecule has 0 saturated carbocycles. The van der Waals surface area contributed by atoms with Crippen molar-refractivity contribution in [1.29, 1.82) is 5.26 Å². The molecule has 1 saturated heterocycles. The Labute approximate surface area is 172 Å². The molecule has 1 fully saturated rings. The van der Waals surface area contributed by atoms with Gasteiger partial charge in [0.15, 0.2) is 11.8 Å². The van der Waals surface area contributed by atoms with Gasteiger partial charge in [-0.25, -0.2) is 9.78 Å². The van der Waals surface area contributed by atoms with E-state index >= 15 is 0 Å². The zero-order valence-corrected chi connectivity index (χ0v) is 16.3. The molecule has 0 aliphatic carbocycles. The highest BCUT2D eigenvalue weighted by Crippen LogP contribution is 2.37. The van der Waals surface area contributed by atoms with E-state index in [0.29, 0.717) is 36.2 Å². The van der Waals surface area contributed by atoms with Crippen molar-refractivity contribution in [2.24, 2.45) is 5.73 Å². The van der Waals surface area contributed by atoms with Crippen molar-refractivity contribution in [2.75, 3.05) is 23.4 Å². The number of amides is 1. The topological polar surface area (TPSA) is 136 Å². The summed E-state index contributed by atoms with van der Waals surface area (Å²) in [7, 11) is 0. The average molecular weight is 408 g/mol. The summed E-state index contributed by atoms with van der Waals surface area (Å²) < 4.78 is 13.2. The molecule has 1 aromatic heterocycles. The molecule has 1 aromatic carbocycles. The second-order valence-corrected chi connectivity index (χ2v) is 7.05. The number of ether oxygens (including phenoxy) is 2. The fourth-order valence-corrected chi connectivity index (χ4v) is 3.51. The molecule has 10 nitrogen and oxygen atoms in total. The molecule has 30 heavy (non-hydrogen) atoms. The minimum Gasteiger partial charge on any atom is -0.491 e. The Morgan fingerprint density at radius 2 is 2.30 bits per heavy atom. The number of nitrogens with two attached hydrogens (primary N) is 1. The molecule has 10 heteroatoms. The zero-order valence-electron chi connectivity index (χ0n) is 16.3. The van der Waals surface area contributed by atoms with E-state index in [1.54, 1.807) is 23.8 Å². The van der Waals surface area contributed by atoms with Gasteiger partial charge in [0.2, 0.25) is 5.91 Å². The Hall–Kier alpha value is -3.96. The van der Waals surface area contributed by atoms with Crippen LogP contribution in [0.15, 0.2) is 30.3 Å². The first kappa shape index (κ1) is 19.4. The van der Waals surface area contributed by atoms with E-state index in [2.05, 4.69) is 11.4 Å². The summed E-state index contributed by atoms with van der Waals surface area (Å²) in [5.41, 5.74) is 6.79. The molecule has 0 unspecified atom stereocenters. The van der Waals surface area contributed by atoms with Crippen LogP contribution in [0.5, 0.6) is 5.75 Å². The van der Waals surface area contributed by atoms with Crippen molar-refractivity contribution >= 4 is 23.4 Å². The van der Waals surface area contributed by atoms with Crippen molar-refractivity contribution in [3.8, 4) is 23.2 Å². The Kier molecular flexibility index (Phi) is 5.04. The first-order chi connectivity index (χ1) is 14.5. The van der Waals surface area contributed by atoms with Crippen LogP contribution in [0.25, 0.3) is 11.4 Å². The second-order valence-electron chi connectivity index (χ2n) is 7.05. The van der Waals surface area contributed by atoms with Gasteiger partial charge in [-0.3, -0.25) is 9.69 Å². The third kappa shape index (κ3) is 3.43. The van der Waals surface area contributed by atoms with Crippen LogP contribution in [0.4, 0.5) is 11.5 Å². The van der Waals surface area contributed by atoms with Crippen molar-refractivity contribution in [3.05, 3.63) is 30.3 Å². The van der Waals surface area contributed by atoms with Crippen LogP contribution in [0.3, 0.4) is 0 Å². The van der Waals surface area contributed by atoms with E-state index in [0.717, 1.165) is 5.56 Å². The monoisotopic (exact) mass is 408 g/mol. The number of fused-ring (bicyclic) bond motifs is 3. The minimum absolute atomic E-state index is 0.0278. The number of rotatable bonds is 5. The number of hydrogen-bond acceptors (Lipinski definition) is 8. The van der Waals surface area contributed by atoms with Gasteiger partial charge in [-0.15, -0.1) is 0 Å². The molecule has 0 bridgehead atoms. The van der Waals surface area contributed by atoms with E-state index in [-0.39, 0.29) is 25.0 Å². The van der Waals surface area contributed by atoms with Gasteiger partial charge in [-0.2, -0.15) is 5.26 Å². The maximum Gasteiger partial charge on any atom is 0.284 e. The number of imidazole rings is 1. The maximum absolute atomic E-state index is 11.3. The van der Waals surface area contributed by atoms with E-state index in [9.17, 15) is 9.59 Å². The number of carbonyl (C=O) groups is 1. The fraction of sp³-hybridized carbons (Fsp3) is 0.350. The van der Waals surface area contributed by atoms with Gasteiger partial charge < -0.3 is 25.1 Å². The van der Waals surface area contributed by atoms with Crippen LogP contribution in [0, 0.1) is 11.3 Å². The van der Waals surface area contributed by atoms with Crippen LogP contribution in [0.2, 0.25) is 0 Å². The van der Waals surface area contributed by atoms with E-state index < -0.39 is 11.9 Å². The lowest BCUT2D eigenvalue weighted by atomic mass is 10.1. The van der Waals surface area contributed by atoms with Crippen molar-refractivity contribution in [1.82, 2.24) is 9.55 Å². The number of nitrogens with zero attached hydrogens (tertiary/aromatic N) is 4. The van der Waals surface area contributed by atoms with Crippen LogP contribution in [0.1, 0.15) is 13.3 Å². The molecular formula is C20H20N6O4. The van der Waals surface area contributed by atoms with Gasteiger partial charge in [0.25, 0.3) is 5.88 Å². The maximum atomic E-state index is 11.3. The van der Waals surface area contributed by atoms with Gasteiger partial charge in [-0.1, -0.05) is 0 Å². The molecular weight excluding hydrogens is 388 g/mol. The highest BCUT2D eigenvalue weighted by Gasteiger charge is 2.34. The molecule has 154 valence electrons. The van der Waals surface area contributed by atoms with E-state index in [1.165, 1.54) is 0 Å². The van der Waals surface area contributed by atoms with Crippen molar-refractivity contribution < 1.29 is 19.1 Å². The first-order valence-corrected chi connectivity index (χ1v) is 9.46. The van der Waals surface area contributed by atoms with Crippen LogP contribution in [-0.2, 0) is 20.9 Å². The molecule has 0 spiro atoms. The number of primary amides is 1. The summed E-state index contributed by atoms with van der Waals surface area (Å²) in [4.78, 5) is 28.9. The Balaban J connectivity index is 1.70. The lowest BCUT2D eigenvalue weighted by Gasteiger charge is -2.18. The predicted octanol–water partition coefficient (Wildman–Crippen LogP) is 1.02. The lowest BCUT2D eigenvalue weighted by Crippen LogP contribution is -2.32. The number of anilines is 2. The number of nitrogens with one attached hydrogen (secondary N) is 1. The molecule has 4 rings (SSSR count). The van der Waals surface area contributed by atoms with E-state index in [1.807, 2.05) is 22.9 Å². The quantitative estimate of drug-likeness (QED) is 0.700. The number of carbonyl (C=O) groups excluding carboxylic acids is 2. The first-order valence-electron chi connectivity index (χ1n) is 9.46. The third-order valence-corrected chi connectivity index (χ3v) is 5.04. The number of hydrogen-bond donors (Lipinski definition) is 2. The summed E-state index contributed by atoms with van der Waals surface area (Å²) in [5.74, 6) is 3.16. The van der Waals surface area contributed by atoms with Crippen LogP contribution >= 0.6 is 0 Å². The predicted molar refractivity (Wildman–Crippen MR) is 107 cm³/mol. The van der Waals surface area contributed by atoms with Gasteiger partial charge in [-0.05, 0) is 19.1 Å². The molecule has 2 aromatic rings. The smallest absolute Gasteiger partial charge is 0.284 e. The highest BCUT2D eigenvalue weighted by molar-refractivity contribution is 5.83. The molecule has 1 amide bonds. The normalized spacial score (nSPS) is 18.1. The largest absolute Gasteiger partial charge is 0.491 e. The van der Waals surface area contributed by atoms with E-state index in [4.69, 9.17) is 25.5 Å². The molecule has 2 atom stereocenters. The SMILES string of the molecule is C[C@H](Nc1ccc2c(c1)OCCn1cc(N3C(=C=O)OC[C@H]3CC#N)nc1-2)C(N)=O. The summed E-state index contributed by atoms with van der Waals surface area (Å²) in [5, 5.41) is 12.1. The van der Waals surface area contributed by atoms with Crippen molar-refractivity contribution in [2.45, 2.75) is 32.0 Å². The zero-order chi connectivity index (χ0) is 21.3. The standard InChI is InChI=1S/C20H20N6O4/c1-12(19(22)28)23-13-2-3-15-16(8-13)29-7-6-25-9-17(24-20(15)25)26-14(4-5-21)11-30-18(26)10-27/h2-3,8-9,12,14,23H,4,6-7,11H2,1H3,(H2,22,28)/t12-,14+/m0/s1. The minimum atomic E-state index is -0.525. The Bertz CT molecular complexity index is 1080. The number of benzene rings is 1. The van der Waals surface area contributed by atoms with Gasteiger partial charge in [0.05, 0.1) is 30.6 Å². The fourth-order valence-electron chi connectivity index (χ4n) is 3.51. The average Bonchev–Trinajstić information content (AvgIpc) is 3.28. The van der Waals surface area contributed by atoms with Gasteiger partial charge in [0.1, 0.15) is 30.8 Å². The molecule has 3 heterocycles. The summed E-state index contributed by atoms with van der Waals surface area (Å²) >= 11 is 0. The molecule has 3 N–H and O–H groups in total. The lowest BCUT2D eigenvalue weighted by molar-refractivity contribution is -0.118. The number of aromatic nitrogens is 2. The second kappa shape index (κ2) is 7.81. The summed E-state index contributed by atoms with van der Waals surface area (Å²) in [6, 6.07) is 6.75. The molecule has 2 aliphatic rings. The summed E-state index contributed by atoms with van der Waals surface area (Å²) in [6.45, 7) is 2.88. The summed E-state index contributed by atoms with van der Waals surface area (Å²) in [6.07, 6.45) is 2.01. The van der Waals surface area contributed by atoms with Gasteiger partial charge in [0, 0.05) is 18.0 Å². The molecule has 2 aliphatic heterocycles. The third-order valence-electron chi connectivity index (χ3n) is 5.04. The van der Waals surface area contributed by atoms with Gasteiger partial charge >= 0.3 is 0 Å².